The number of phenols is 1. The van der Waals surface area contributed by atoms with Crippen LogP contribution in [-0.2, 0) is 11.2 Å². The molecule has 16 heavy (non-hydrogen) atoms. The van der Waals surface area contributed by atoms with Crippen LogP contribution in [0.15, 0.2) is 36.4 Å². The van der Waals surface area contributed by atoms with Crippen molar-refractivity contribution < 1.29 is 9.90 Å². The Morgan fingerprint density at radius 2 is 2.06 bits per heavy atom. The minimum Gasteiger partial charge on any atom is -0.508 e. The maximum Gasteiger partial charge on any atom is 0.227 e. The molecule has 0 aliphatic heterocycles. The Hall–Kier alpha value is -1.77. The third-order valence-electron chi connectivity index (χ3n) is 2.27. The van der Waals surface area contributed by atoms with Gasteiger partial charge in [0.05, 0.1) is 6.42 Å². The predicted octanol–water partition coefficient (Wildman–Crippen LogP) is 1.97. The van der Waals surface area contributed by atoms with Gasteiger partial charge in [-0.15, -0.1) is 0 Å². The van der Waals surface area contributed by atoms with Gasteiger partial charge in [-0.3, -0.25) is 4.79 Å². The van der Waals surface area contributed by atoms with Gasteiger partial charge >= 0.3 is 0 Å². The molecule has 1 rings (SSSR count). The molecule has 3 heteroatoms. The summed E-state index contributed by atoms with van der Waals surface area (Å²) in [5, 5.41) is 9.53. The molecule has 0 radical (unpaired) electrons. The molecule has 0 spiro atoms. The molecule has 1 aromatic rings. The lowest BCUT2D eigenvalue weighted by atomic mass is 10.1. The number of carbonyl (C=O) groups is 1. The van der Waals surface area contributed by atoms with Crippen LogP contribution in [0.25, 0.3) is 0 Å². The average molecular weight is 219 g/mol. The molecule has 0 bridgehead atoms. The van der Waals surface area contributed by atoms with Crippen molar-refractivity contribution >= 4 is 5.91 Å². The van der Waals surface area contributed by atoms with Gasteiger partial charge in [0.2, 0.25) is 5.91 Å². The number of aromatic hydroxyl groups is 1. The Labute approximate surface area is 96.0 Å². The van der Waals surface area contributed by atoms with Gasteiger partial charge in [0.1, 0.15) is 5.75 Å². The van der Waals surface area contributed by atoms with E-state index in [1.54, 1.807) is 36.2 Å². The number of benzene rings is 1. The molecular weight excluding hydrogens is 202 g/mol. The number of carbonyl (C=O) groups excluding carboxylic acids is 1. The van der Waals surface area contributed by atoms with E-state index in [0.29, 0.717) is 12.1 Å². The fraction of sp³-hybridized carbons (Fsp3) is 0.308. The maximum absolute atomic E-state index is 11.8. The van der Waals surface area contributed by atoms with Gasteiger partial charge in [0.25, 0.3) is 0 Å². The van der Waals surface area contributed by atoms with Crippen LogP contribution in [0, 0.1) is 0 Å². The fourth-order valence-corrected chi connectivity index (χ4v) is 1.45. The Morgan fingerprint density at radius 1 is 1.44 bits per heavy atom. The third kappa shape index (κ3) is 3.42. The van der Waals surface area contributed by atoms with Crippen molar-refractivity contribution in [3.8, 4) is 5.75 Å². The van der Waals surface area contributed by atoms with E-state index in [1.807, 2.05) is 6.92 Å². The van der Waals surface area contributed by atoms with Crippen LogP contribution >= 0.6 is 0 Å². The Kier molecular flexibility index (Phi) is 4.11. The van der Waals surface area contributed by atoms with Crippen LogP contribution in [0.5, 0.6) is 5.75 Å². The standard InChI is InChI=1S/C13H17NO2/c1-10(2)9-14(3)13(16)8-11-6-4-5-7-12(11)15/h4-7,15H,1,8-9H2,2-3H3. The zero-order chi connectivity index (χ0) is 12.1. The molecule has 1 amide bonds. The van der Waals surface area contributed by atoms with E-state index in [9.17, 15) is 9.90 Å². The van der Waals surface area contributed by atoms with Gasteiger partial charge in [-0.1, -0.05) is 30.4 Å². The molecule has 3 nitrogen and oxygen atoms in total. The number of rotatable bonds is 4. The van der Waals surface area contributed by atoms with Crippen LogP contribution in [0.1, 0.15) is 12.5 Å². The molecule has 0 aliphatic rings. The molecule has 86 valence electrons. The minimum atomic E-state index is -0.0236. The summed E-state index contributed by atoms with van der Waals surface area (Å²) < 4.78 is 0. The van der Waals surface area contributed by atoms with Crippen molar-refractivity contribution in [1.29, 1.82) is 0 Å². The van der Waals surface area contributed by atoms with Crippen LogP contribution in [0.2, 0.25) is 0 Å². The van der Waals surface area contributed by atoms with E-state index in [1.165, 1.54) is 0 Å². The molecule has 0 atom stereocenters. The van der Waals surface area contributed by atoms with E-state index < -0.39 is 0 Å². The highest BCUT2D eigenvalue weighted by molar-refractivity contribution is 5.79. The molecule has 1 aromatic carbocycles. The summed E-state index contributed by atoms with van der Waals surface area (Å²) in [6.45, 7) is 6.19. The van der Waals surface area contributed by atoms with Crippen LogP contribution in [0.3, 0.4) is 0 Å². The average Bonchev–Trinajstić information content (AvgIpc) is 2.20. The number of phenolic OH excluding ortho intramolecular Hbond substituents is 1. The quantitative estimate of drug-likeness (QED) is 0.786. The molecule has 1 N–H and O–H groups in total. The summed E-state index contributed by atoms with van der Waals surface area (Å²) >= 11 is 0. The van der Waals surface area contributed by atoms with E-state index in [-0.39, 0.29) is 18.1 Å². The number of hydrogen-bond donors (Lipinski definition) is 1. The van der Waals surface area contributed by atoms with Gasteiger partial charge in [-0.05, 0) is 13.0 Å². The molecule has 0 fully saturated rings. The first-order chi connectivity index (χ1) is 7.50. The van der Waals surface area contributed by atoms with Crippen LogP contribution in [-0.4, -0.2) is 29.5 Å². The van der Waals surface area contributed by atoms with E-state index in [0.717, 1.165) is 5.57 Å². The zero-order valence-corrected chi connectivity index (χ0v) is 9.73. The van der Waals surface area contributed by atoms with Gasteiger partial charge in [-0.25, -0.2) is 0 Å². The Morgan fingerprint density at radius 3 is 2.62 bits per heavy atom. The summed E-state index contributed by atoms with van der Waals surface area (Å²) in [5.74, 6) is 0.143. The molecular formula is C13H17NO2. The van der Waals surface area contributed by atoms with E-state index in [2.05, 4.69) is 6.58 Å². The lowest BCUT2D eigenvalue weighted by Crippen LogP contribution is -2.29. The highest BCUT2D eigenvalue weighted by Gasteiger charge is 2.11. The number of likely N-dealkylation sites (N-methyl/N-ethyl adjacent to an activating group) is 1. The SMILES string of the molecule is C=C(C)CN(C)C(=O)Cc1ccccc1O. The fourth-order valence-electron chi connectivity index (χ4n) is 1.45. The minimum absolute atomic E-state index is 0.0236. The number of para-hydroxylation sites is 1. The molecule has 0 aromatic heterocycles. The lowest BCUT2D eigenvalue weighted by molar-refractivity contribution is -0.128. The summed E-state index contributed by atoms with van der Waals surface area (Å²) in [7, 11) is 1.73. The van der Waals surface area contributed by atoms with Gasteiger partial charge in [-0.2, -0.15) is 0 Å². The Balaban J connectivity index is 2.64. The van der Waals surface area contributed by atoms with Crippen LogP contribution in [0.4, 0.5) is 0 Å². The topological polar surface area (TPSA) is 40.5 Å². The van der Waals surface area contributed by atoms with Crippen molar-refractivity contribution in [3.05, 3.63) is 42.0 Å². The second-order valence-corrected chi connectivity index (χ2v) is 4.01. The highest BCUT2D eigenvalue weighted by atomic mass is 16.3. The number of amides is 1. The zero-order valence-electron chi connectivity index (χ0n) is 9.73. The van der Waals surface area contributed by atoms with Crippen molar-refractivity contribution in [2.24, 2.45) is 0 Å². The molecule has 0 saturated heterocycles. The van der Waals surface area contributed by atoms with E-state index >= 15 is 0 Å². The van der Waals surface area contributed by atoms with Crippen molar-refractivity contribution in [2.75, 3.05) is 13.6 Å². The maximum atomic E-state index is 11.8. The summed E-state index contributed by atoms with van der Waals surface area (Å²) in [6, 6.07) is 6.88. The number of nitrogens with zero attached hydrogens (tertiary/aromatic N) is 1. The molecule has 0 aliphatic carbocycles. The smallest absolute Gasteiger partial charge is 0.227 e. The third-order valence-corrected chi connectivity index (χ3v) is 2.27. The van der Waals surface area contributed by atoms with Gasteiger partial charge in [0, 0.05) is 19.2 Å². The molecule has 0 unspecified atom stereocenters. The second-order valence-electron chi connectivity index (χ2n) is 4.01. The lowest BCUT2D eigenvalue weighted by Gasteiger charge is -2.17. The monoisotopic (exact) mass is 219 g/mol. The van der Waals surface area contributed by atoms with Crippen molar-refractivity contribution in [1.82, 2.24) is 4.90 Å². The Bertz CT molecular complexity index is 399. The first-order valence-electron chi connectivity index (χ1n) is 5.16. The van der Waals surface area contributed by atoms with Crippen molar-refractivity contribution in [2.45, 2.75) is 13.3 Å². The summed E-state index contributed by atoms with van der Waals surface area (Å²) in [6.07, 6.45) is 0.219. The first kappa shape index (κ1) is 12.3. The van der Waals surface area contributed by atoms with Gasteiger partial charge in [0.15, 0.2) is 0 Å². The summed E-state index contributed by atoms with van der Waals surface area (Å²) in [5.41, 5.74) is 1.59. The molecule has 0 saturated carbocycles. The largest absolute Gasteiger partial charge is 0.508 e. The highest BCUT2D eigenvalue weighted by Crippen LogP contribution is 2.16. The van der Waals surface area contributed by atoms with Crippen molar-refractivity contribution in [3.63, 3.8) is 0 Å². The molecule has 0 heterocycles. The first-order valence-corrected chi connectivity index (χ1v) is 5.16. The van der Waals surface area contributed by atoms with Crippen LogP contribution < -0.4 is 0 Å². The predicted molar refractivity (Wildman–Crippen MR) is 64.3 cm³/mol. The summed E-state index contributed by atoms with van der Waals surface area (Å²) in [4.78, 5) is 13.4. The normalized spacial score (nSPS) is 9.88. The van der Waals surface area contributed by atoms with Gasteiger partial charge < -0.3 is 10.0 Å². The number of hydrogen-bond acceptors (Lipinski definition) is 2. The second kappa shape index (κ2) is 5.35. The van der Waals surface area contributed by atoms with E-state index in [4.69, 9.17) is 0 Å².